The third-order valence-corrected chi connectivity index (χ3v) is 2.64. The number of esters is 1. The number of hydrogen-bond acceptors (Lipinski definition) is 3. The van der Waals surface area contributed by atoms with Gasteiger partial charge in [0.25, 0.3) is 0 Å². The molecule has 5 heteroatoms. The maximum absolute atomic E-state index is 11.3. The molecule has 17 heavy (non-hydrogen) atoms. The van der Waals surface area contributed by atoms with E-state index in [1.807, 2.05) is 13.8 Å². The molecule has 2 atom stereocenters. The van der Waals surface area contributed by atoms with E-state index in [2.05, 4.69) is 22.5 Å². The SMILES string of the molecule is CN=C(NCCC(=O)OC(C)C)NC1CC1C. The minimum Gasteiger partial charge on any atom is -0.463 e. The molecule has 0 amide bonds. The van der Waals surface area contributed by atoms with Gasteiger partial charge in [0.1, 0.15) is 0 Å². The highest BCUT2D eigenvalue weighted by Crippen LogP contribution is 2.28. The second-order valence-corrected chi connectivity index (χ2v) is 4.75. The Morgan fingerprint density at radius 1 is 1.53 bits per heavy atom. The third-order valence-electron chi connectivity index (χ3n) is 2.64. The standard InChI is InChI=1S/C12H23N3O2/c1-8(2)17-11(16)5-6-14-12(13-4)15-10-7-9(10)3/h8-10H,5-7H2,1-4H3,(H2,13,14,15). The zero-order valence-corrected chi connectivity index (χ0v) is 11.1. The Morgan fingerprint density at radius 3 is 2.65 bits per heavy atom. The smallest absolute Gasteiger partial charge is 0.307 e. The van der Waals surface area contributed by atoms with Gasteiger partial charge in [0.05, 0.1) is 12.5 Å². The molecule has 0 aromatic carbocycles. The third kappa shape index (κ3) is 5.56. The molecule has 0 heterocycles. The quantitative estimate of drug-likeness (QED) is 0.426. The average Bonchev–Trinajstić information content (AvgIpc) is 2.91. The summed E-state index contributed by atoms with van der Waals surface area (Å²) in [6.45, 7) is 6.44. The van der Waals surface area contributed by atoms with E-state index in [0.29, 0.717) is 19.0 Å². The molecule has 0 spiro atoms. The van der Waals surface area contributed by atoms with Gasteiger partial charge in [0.2, 0.25) is 0 Å². The summed E-state index contributed by atoms with van der Waals surface area (Å²) in [6, 6.07) is 0.531. The summed E-state index contributed by atoms with van der Waals surface area (Å²) in [5.41, 5.74) is 0. The van der Waals surface area contributed by atoms with E-state index in [1.165, 1.54) is 6.42 Å². The average molecular weight is 241 g/mol. The van der Waals surface area contributed by atoms with Gasteiger partial charge < -0.3 is 15.4 Å². The van der Waals surface area contributed by atoms with Crippen LogP contribution in [0.4, 0.5) is 0 Å². The summed E-state index contributed by atoms with van der Waals surface area (Å²) in [7, 11) is 1.73. The molecule has 0 aromatic heterocycles. The number of guanidine groups is 1. The van der Waals surface area contributed by atoms with Crippen LogP contribution in [0.3, 0.4) is 0 Å². The summed E-state index contributed by atoms with van der Waals surface area (Å²) in [4.78, 5) is 15.4. The molecule has 0 radical (unpaired) electrons. The molecule has 98 valence electrons. The van der Waals surface area contributed by atoms with Crippen LogP contribution in [0.1, 0.15) is 33.6 Å². The lowest BCUT2D eigenvalue weighted by molar-refractivity contribution is -0.147. The van der Waals surface area contributed by atoms with Crippen LogP contribution in [0.2, 0.25) is 0 Å². The molecule has 1 rings (SSSR count). The van der Waals surface area contributed by atoms with Crippen molar-refractivity contribution in [2.45, 2.75) is 45.8 Å². The van der Waals surface area contributed by atoms with Crippen LogP contribution in [-0.4, -0.2) is 37.7 Å². The molecular weight excluding hydrogens is 218 g/mol. The van der Waals surface area contributed by atoms with Crippen LogP contribution in [0.5, 0.6) is 0 Å². The summed E-state index contributed by atoms with van der Waals surface area (Å²) in [5.74, 6) is 1.30. The Kier molecular flexibility index (Phi) is 5.25. The first-order valence-corrected chi connectivity index (χ1v) is 6.19. The van der Waals surface area contributed by atoms with Crippen molar-refractivity contribution in [1.29, 1.82) is 0 Å². The summed E-state index contributed by atoms with van der Waals surface area (Å²) in [6.07, 6.45) is 1.50. The molecule has 0 bridgehead atoms. The van der Waals surface area contributed by atoms with Crippen molar-refractivity contribution in [3.63, 3.8) is 0 Å². The van der Waals surface area contributed by atoms with E-state index >= 15 is 0 Å². The van der Waals surface area contributed by atoms with E-state index in [0.717, 1.165) is 11.9 Å². The van der Waals surface area contributed by atoms with E-state index in [4.69, 9.17) is 4.74 Å². The topological polar surface area (TPSA) is 62.7 Å². The first-order chi connectivity index (χ1) is 8.02. The summed E-state index contributed by atoms with van der Waals surface area (Å²) < 4.78 is 5.04. The van der Waals surface area contributed by atoms with Gasteiger partial charge in [-0.05, 0) is 26.2 Å². The molecule has 1 aliphatic carbocycles. The number of aliphatic imine (C=N–C) groups is 1. The lowest BCUT2D eigenvalue weighted by Gasteiger charge is -2.12. The van der Waals surface area contributed by atoms with Crippen molar-refractivity contribution >= 4 is 11.9 Å². The predicted octanol–water partition coefficient (Wildman–Crippen LogP) is 0.901. The minimum atomic E-state index is -0.178. The molecule has 0 aliphatic heterocycles. The monoisotopic (exact) mass is 241 g/mol. The van der Waals surface area contributed by atoms with Gasteiger partial charge in [-0.3, -0.25) is 9.79 Å². The van der Waals surface area contributed by atoms with Gasteiger partial charge in [0, 0.05) is 19.6 Å². The summed E-state index contributed by atoms with van der Waals surface area (Å²) >= 11 is 0. The predicted molar refractivity (Wildman–Crippen MR) is 67.9 cm³/mol. The molecule has 5 nitrogen and oxygen atoms in total. The molecule has 1 fully saturated rings. The van der Waals surface area contributed by atoms with E-state index in [1.54, 1.807) is 7.05 Å². The second kappa shape index (κ2) is 6.47. The van der Waals surface area contributed by atoms with Crippen molar-refractivity contribution in [2.75, 3.05) is 13.6 Å². The van der Waals surface area contributed by atoms with Gasteiger partial charge >= 0.3 is 5.97 Å². The maximum atomic E-state index is 11.3. The number of nitrogens with one attached hydrogen (secondary N) is 2. The van der Waals surface area contributed by atoms with Crippen molar-refractivity contribution in [3.05, 3.63) is 0 Å². The van der Waals surface area contributed by atoms with Gasteiger partial charge in [0.15, 0.2) is 5.96 Å². The lowest BCUT2D eigenvalue weighted by atomic mass is 10.4. The zero-order valence-electron chi connectivity index (χ0n) is 11.1. The number of hydrogen-bond donors (Lipinski definition) is 2. The van der Waals surface area contributed by atoms with Crippen LogP contribution in [0, 0.1) is 5.92 Å². The number of nitrogens with zero attached hydrogens (tertiary/aromatic N) is 1. The van der Waals surface area contributed by atoms with Crippen LogP contribution >= 0.6 is 0 Å². The Hall–Kier alpha value is -1.26. The van der Waals surface area contributed by atoms with Crippen LogP contribution in [0.15, 0.2) is 4.99 Å². The molecule has 2 unspecified atom stereocenters. The highest BCUT2D eigenvalue weighted by Gasteiger charge is 2.33. The first-order valence-electron chi connectivity index (χ1n) is 6.19. The van der Waals surface area contributed by atoms with E-state index < -0.39 is 0 Å². The van der Waals surface area contributed by atoms with Crippen molar-refractivity contribution in [3.8, 4) is 0 Å². The highest BCUT2D eigenvalue weighted by atomic mass is 16.5. The lowest BCUT2D eigenvalue weighted by Crippen LogP contribution is -2.40. The fourth-order valence-corrected chi connectivity index (χ4v) is 1.50. The van der Waals surface area contributed by atoms with Gasteiger partial charge in [-0.15, -0.1) is 0 Å². The number of ether oxygens (including phenoxy) is 1. The molecule has 0 saturated heterocycles. The van der Waals surface area contributed by atoms with Crippen LogP contribution in [-0.2, 0) is 9.53 Å². The highest BCUT2D eigenvalue weighted by molar-refractivity contribution is 5.81. The van der Waals surface area contributed by atoms with E-state index in [9.17, 15) is 4.79 Å². The van der Waals surface area contributed by atoms with Gasteiger partial charge in [-0.1, -0.05) is 6.92 Å². The largest absolute Gasteiger partial charge is 0.463 e. The Labute approximate surface area is 103 Å². The first kappa shape index (κ1) is 13.8. The van der Waals surface area contributed by atoms with E-state index in [-0.39, 0.29) is 12.1 Å². The molecule has 1 aliphatic rings. The molecule has 2 N–H and O–H groups in total. The van der Waals surface area contributed by atoms with Crippen molar-refractivity contribution in [2.24, 2.45) is 10.9 Å². The van der Waals surface area contributed by atoms with Crippen molar-refractivity contribution < 1.29 is 9.53 Å². The second-order valence-electron chi connectivity index (χ2n) is 4.75. The molecular formula is C12H23N3O2. The number of carbonyl (C=O) groups is 1. The summed E-state index contributed by atoms with van der Waals surface area (Å²) in [5, 5.41) is 6.40. The number of rotatable bonds is 5. The fraction of sp³-hybridized carbons (Fsp3) is 0.833. The Bertz CT molecular complexity index is 289. The molecule has 1 saturated carbocycles. The van der Waals surface area contributed by atoms with Gasteiger partial charge in [-0.2, -0.15) is 0 Å². The van der Waals surface area contributed by atoms with Crippen molar-refractivity contribution in [1.82, 2.24) is 10.6 Å². The Morgan fingerprint density at radius 2 is 2.18 bits per heavy atom. The van der Waals surface area contributed by atoms with Crippen LogP contribution in [0.25, 0.3) is 0 Å². The van der Waals surface area contributed by atoms with Gasteiger partial charge in [-0.25, -0.2) is 0 Å². The molecule has 0 aromatic rings. The normalized spacial score (nSPS) is 23.5. The number of carbonyl (C=O) groups excluding carboxylic acids is 1. The fourth-order valence-electron chi connectivity index (χ4n) is 1.50. The Balaban J connectivity index is 2.13. The maximum Gasteiger partial charge on any atom is 0.307 e. The zero-order chi connectivity index (χ0) is 12.8. The van der Waals surface area contributed by atoms with Crippen LogP contribution < -0.4 is 10.6 Å². The minimum absolute atomic E-state index is 0.0488.